The fourth-order valence-electron chi connectivity index (χ4n) is 5.69. The van der Waals surface area contributed by atoms with Gasteiger partial charge in [0.05, 0.1) is 12.5 Å². The average molecular weight is 413 g/mol. The molecule has 1 saturated carbocycles. The first kappa shape index (κ1) is 21.1. The fourth-order valence-corrected chi connectivity index (χ4v) is 5.69. The van der Waals surface area contributed by atoms with Crippen LogP contribution in [0.5, 0.6) is 5.75 Å². The molecule has 0 amide bonds. The number of fused-ring (bicyclic) bond motifs is 1. The molecule has 2 aliphatic carbocycles. The molecule has 1 heterocycles. The van der Waals surface area contributed by atoms with E-state index < -0.39 is 17.6 Å². The van der Waals surface area contributed by atoms with Crippen molar-refractivity contribution >= 4 is 11.6 Å². The second-order valence-electron chi connectivity index (χ2n) is 10.6. The second-order valence-corrected chi connectivity index (χ2v) is 10.6. The topological polar surface area (TPSA) is 72.8 Å². The van der Waals surface area contributed by atoms with Crippen LogP contribution < -0.4 is 4.74 Å². The van der Waals surface area contributed by atoms with Gasteiger partial charge in [-0.15, -0.1) is 0 Å². The maximum absolute atomic E-state index is 13.4. The summed E-state index contributed by atoms with van der Waals surface area (Å²) in [4.78, 5) is 26.7. The predicted octanol–water partition coefficient (Wildman–Crippen LogP) is 4.54. The van der Waals surface area contributed by atoms with Crippen LogP contribution in [0.2, 0.25) is 0 Å². The van der Waals surface area contributed by atoms with E-state index in [9.17, 15) is 14.7 Å². The van der Waals surface area contributed by atoms with Gasteiger partial charge in [0.1, 0.15) is 17.3 Å². The van der Waals surface area contributed by atoms with Gasteiger partial charge in [-0.2, -0.15) is 0 Å². The van der Waals surface area contributed by atoms with Crippen molar-refractivity contribution in [2.24, 2.45) is 16.7 Å². The van der Waals surface area contributed by atoms with Crippen molar-refractivity contribution in [3.63, 3.8) is 0 Å². The van der Waals surface area contributed by atoms with Crippen LogP contribution in [0, 0.1) is 16.7 Å². The number of rotatable bonds is 3. The maximum atomic E-state index is 13.4. The number of allylic oxidation sites excluding steroid dienone is 2. The standard InChI is InChI=1S/C25H32O5/c1-6-29-18-10-8-7-9-15(18)20-21-16(26)11-23(2,3)13-19(21)30-25(28)14-24(4,5)12-17(27)22(20)25/h7-10,20,22,28H,6,11-14H2,1-5H3. The molecule has 0 bridgehead atoms. The Morgan fingerprint density at radius 2 is 1.77 bits per heavy atom. The van der Waals surface area contributed by atoms with E-state index in [-0.39, 0.29) is 22.4 Å². The van der Waals surface area contributed by atoms with E-state index in [1.54, 1.807) is 0 Å². The number of hydrogen-bond donors (Lipinski definition) is 1. The molecular weight excluding hydrogens is 380 g/mol. The van der Waals surface area contributed by atoms with E-state index in [1.165, 1.54) is 0 Å². The lowest BCUT2D eigenvalue weighted by atomic mass is 9.59. The van der Waals surface area contributed by atoms with Crippen LogP contribution in [0.15, 0.2) is 35.6 Å². The predicted molar refractivity (Wildman–Crippen MR) is 113 cm³/mol. The van der Waals surface area contributed by atoms with Gasteiger partial charge in [0.15, 0.2) is 5.78 Å². The summed E-state index contributed by atoms with van der Waals surface area (Å²) < 4.78 is 12.1. The first-order chi connectivity index (χ1) is 14.0. The number of benzene rings is 1. The summed E-state index contributed by atoms with van der Waals surface area (Å²) in [5.74, 6) is -1.89. The van der Waals surface area contributed by atoms with Crippen LogP contribution in [0.25, 0.3) is 0 Å². The van der Waals surface area contributed by atoms with Crippen LogP contribution >= 0.6 is 0 Å². The van der Waals surface area contributed by atoms with Gasteiger partial charge in [0, 0.05) is 42.7 Å². The van der Waals surface area contributed by atoms with Crippen LogP contribution in [0.4, 0.5) is 0 Å². The van der Waals surface area contributed by atoms with Crippen molar-refractivity contribution in [1.82, 2.24) is 0 Å². The Morgan fingerprint density at radius 3 is 2.47 bits per heavy atom. The number of carbonyl (C=O) groups excluding carboxylic acids is 2. The number of Topliss-reactive ketones (excluding diaryl/α,β-unsaturated/α-hetero) is 2. The Morgan fingerprint density at radius 1 is 1.07 bits per heavy atom. The Bertz CT molecular complexity index is 925. The summed E-state index contributed by atoms with van der Waals surface area (Å²) >= 11 is 0. The lowest BCUT2D eigenvalue weighted by Gasteiger charge is -2.53. The maximum Gasteiger partial charge on any atom is 0.218 e. The SMILES string of the molecule is CCOc1ccccc1C1C2=C(CC(C)(C)CC2=O)OC2(O)CC(C)(C)CC(=O)C12. The molecule has 0 spiro atoms. The van der Waals surface area contributed by atoms with E-state index in [0.717, 1.165) is 5.56 Å². The molecule has 3 unspecified atom stereocenters. The summed E-state index contributed by atoms with van der Waals surface area (Å²) in [6.07, 6.45) is 1.65. The molecule has 162 valence electrons. The van der Waals surface area contributed by atoms with Gasteiger partial charge >= 0.3 is 0 Å². The first-order valence-corrected chi connectivity index (χ1v) is 10.9. The molecule has 5 heteroatoms. The Balaban J connectivity index is 1.95. The monoisotopic (exact) mass is 412 g/mol. The quantitative estimate of drug-likeness (QED) is 0.789. The van der Waals surface area contributed by atoms with Crippen molar-refractivity contribution in [3.8, 4) is 5.75 Å². The summed E-state index contributed by atoms with van der Waals surface area (Å²) in [5, 5.41) is 11.7. The molecule has 4 rings (SSSR count). The number of ketones is 2. The van der Waals surface area contributed by atoms with E-state index in [1.807, 2.05) is 58.9 Å². The lowest BCUT2D eigenvalue weighted by molar-refractivity contribution is -0.253. The Hall–Kier alpha value is -2.14. The molecule has 1 aromatic carbocycles. The molecule has 3 aliphatic rings. The van der Waals surface area contributed by atoms with Crippen LogP contribution in [0.3, 0.4) is 0 Å². The van der Waals surface area contributed by atoms with Gasteiger partial charge in [0.2, 0.25) is 5.79 Å². The smallest absolute Gasteiger partial charge is 0.218 e. The molecule has 0 radical (unpaired) electrons. The molecule has 0 saturated heterocycles. The third-order valence-corrected chi connectivity index (χ3v) is 6.59. The van der Waals surface area contributed by atoms with Gasteiger partial charge in [-0.3, -0.25) is 9.59 Å². The lowest BCUT2D eigenvalue weighted by Crippen LogP contribution is -2.58. The largest absolute Gasteiger partial charge is 0.494 e. The molecule has 3 atom stereocenters. The zero-order valence-electron chi connectivity index (χ0n) is 18.6. The van der Waals surface area contributed by atoms with Gasteiger partial charge in [-0.05, 0) is 23.8 Å². The van der Waals surface area contributed by atoms with Crippen molar-refractivity contribution < 1.29 is 24.2 Å². The van der Waals surface area contributed by atoms with Gasteiger partial charge < -0.3 is 14.6 Å². The third-order valence-electron chi connectivity index (χ3n) is 6.59. The average Bonchev–Trinajstić information content (AvgIpc) is 2.57. The zero-order chi connectivity index (χ0) is 21.9. The zero-order valence-corrected chi connectivity index (χ0v) is 18.6. The van der Waals surface area contributed by atoms with Crippen LogP contribution in [-0.2, 0) is 14.3 Å². The highest BCUT2D eigenvalue weighted by Crippen LogP contribution is 2.58. The number of carbonyl (C=O) groups is 2. The molecule has 1 fully saturated rings. The van der Waals surface area contributed by atoms with Crippen LogP contribution in [-0.4, -0.2) is 29.1 Å². The minimum Gasteiger partial charge on any atom is -0.494 e. The van der Waals surface area contributed by atoms with Gasteiger partial charge in [0.25, 0.3) is 0 Å². The van der Waals surface area contributed by atoms with Crippen LogP contribution in [0.1, 0.15) is 71.8 Å². The third kappa shape index (κ3) is 3.47. The van der Waals surface area contributed by atoms with Gasteiger partial charge in [-0.1, -0.05) is 45.9 Å². The highest BCUT2D eigenvalue weighted by Gasteiger charge is 2.61. The highest BCUT2D eigenvalue weighted by atomic mass is 16.6. The number of para-hydroxylation sites is 1. The molecule has 1 aliphatic heterocycles. The number of hydrogen-bond acceptors (Lipinski definition) is 5. The number of aliphatic hydroxyl groups is 1. The van der Waals surface area contributed by atoms with Crippen molar-refractivity contribution in [3.05, 3.63) is 41.2 Å². The minimum atomic E-state index is -1.63. The minimum absolute atomic E-state index is 0.00256. The molecule has 5 nitrogen and oxygen atoms in total. The highest BCUT2D eigenvalue weighted by molar-refractivity contribution is 6.01. The summed E-state index contributed by atoms with van der Waals surface area (Å²) in [6.45, 7) is 10.4. The second kappa shape index (κ2) is 6.94. The van der Waals surface area contributed by atoms with Crippen molar-refractivity contribution in [2.75, 3.05) is 6.61 Å². The van der Waals surface area contributed by atoms with E-state index in [4.69, 9.17) is 9.47 Å². The van der Waals surface area contributed by atoms with Gasteiger partial charge in [-0.25, -0.2) is 0 Å². The summed E-state index contributed by atoms with van der Waals surface area (Å²) in [7, 11) is 0. The molecule has 0 aromatic heterocycles. The summed E-state index contributed by atoms with van der Waals surface area (Å²) in [6, 6.07) is 7.54. The van der Waals surface area contributed by atoms with Crippen molar-refractivity contribution in [2.45, 2.75) is 72.0 Å². The fraction of sp³-hybridized carbons (Fsp3) is 0.600. The first-order valence-electron chi connectivity index (χ1n) is 10.9. The van der Waals surface area contributed by atoms with E-state index >= 15 is 0 Å². The molecule has 1 aromatic rings. The summed E-state index contributed by atoms with van der Waals surface area (Å²) in [5.41, 5.74) is 0.694. The Labute approximate surface area is 178 Å². The Kier molecular flexibility index (Phi) is 4.89. The molecule has 1 N–H and O–H groups in total. The number of ether oxygens (including phenoxy) is 2. The molecule has 30 heavy (non-hydrogen) atoms. The normalized spacial score (nSPS) is 32.2. The van der Waals surface area contributed by atoms with Crippen molar-refractivity contribution in [1.29, 1.82) is 0 Å². The van der Waals surface area contributed by atoms with E-state index in [2.05, 4.69) is 0 Å². The molecular formula is C25H32O5. The van der Waals surface area contributed by atoms with E-state index in [0.29, 0.717) is 49.4 Å².